The van der Waals surface area contributed by atoms with E-state index in [9.17, 15) is 4.39 Å². The Balaban J connectivity index is 2.20. The first-order valence-electron chi connectivity index (χ1n) is 6.68. The molecule has 0 saturated heterocycles. The Labute approximate surface area is 118 Å². The van der Waals surface area contributed by atoms with Crippen LogP contribution in [0.15, 0.2) is 30.3 Å². The highest BCUT2D eigenvalue weighted by Gasteiger charge is 2.09. The summed E-state index contributed by atoms with van der Waals surface area (Å²) in [5.74, 6) is 1.67. The molecule has 1 aromatic carbocycles. The van der Waals surface area contributed by atoms with Crippen molar-refractivity contribution in [3.8, 4) is 0 Å². The number of benzene rings is 1. The van der Waals surface area contributed by atoms with Gasteiger partial charge in [-0.2, -0.15) is 0 Å². The van der Waals surface area contributed by atoms with Crippen molar-refractivity contribution < 1.29 is 4.39 Å². The predicted octanol–water partition coefficient (Wildman–Crippen LogP) is 2.79. The fourth-order valence-corrected chi connectivity index (χ4v) is 2.00. The number of halogens is 1. The summed E-state index contributed by atoms with van der Waals surface area (Å²) in [6.45, 7) is 2.50. The largest absolute Gasteiger partial charge is 0.384 e. The quantitative estimate of drug-likeness (QED) is 0.911. The maximum atomic E-state index is 13.7. The fraction of sp³-hybridized carbons (Fsp3) is 0.333. The van der Waals surface area contributed by atoms with E-state index in [1.807, 2.05) is 18.0 Å². The van der Waals surface area contributed by atoms with Gasteiger partial charge in [-0.05, 0) is 12.5 Å². The molecule has 0 bridgehead atoms. The maximum absolute atomic E-state index is 13.7. The van der Waals surface area contributed by atoms with E-state index >= 15 is 0 Å². The highest BCUT2D eigenvalue weighted by atomic mass is 19.1. The summed E-state index contributed by atoms with van der Waals surface area (Å²) in [5, 5.41) is 0. The van der Waals surface area contributed by atoms with Crippen LogP contribution in [0.2, 0.25) is 0 Å². The molecule has 20 heavy (non-hydrogen) atoms. The van der Waals surface area contributed by atoms with Crippen LogP contribution in [0.5, 0.6) is 0 Å². The molecule has 2 aromatic rings. The Hall–Kier alpha value is -2.17. The normalized spacial score (nSPS) is 10.6. The minimum Gasteiger partial charge on any atom is -0.384 e. The Kier molecular flexibility index (Phi) is 4.50. The summed E-state index contributed by atoms with van der Waals surface area (Å²) in [5.41, 5.74) is 6.43. The average molecular weight is 274 g/mol. The van der Waals surface area contributed by atoms with Gasteiger partial charge in [-0.3, -0.25) is 0 Å². The number of aryl methyl sites for hydroxylation is 1. The van der Waals surface area contributed by atoms with Gasteiger partial charge in [-0.15, -0.1) is 0 Å². The highest BCUT2D eigenvalue weighted by molar-refractivity contribution is 5.47. The van der Waals surface area contributed by atoms with E-state index in [-0.39, 0.29) is 5.82 Å². The fourth-order valence-electron chi connectivity index (χ4n) is 2.00. The zero-order valence-electron chi connectivity index (χ0n) is 11.8. The molecule has 0 amide bonds. The zero-order chi connectivity index (χ0) is 14.5. The van der Waals surface area contributed by atoms with Crippen molar-refractivity contribution in [1.29, 1.82) is 0 Å². The van der Waals surface area contributed by atoms with Crippen LogP contribution < -0.4 is 10.6 Å². The first-order chi connectivity index (χ1) is 9.60. The Bertz CT molecular complexity index is 586. The van der Waals surface area contributed by atoms with Gasteiger partial charge in [0.25, 0.3) is 0 Å². The number of aromatic nitrogens is 2. The number of nitrogens with two attached hydrogens (primary N) is 1. The standard InChI is InChI=1S/C15H19FN4/c1-3-6-14-18-13(17)9-15(19-14)20(2)10-11-7-4-5-8-12(11)16/h4-5,7-9H,3,6,10H2,1-2H3,(H2,17,18,19). The first kappa shape index (κ1) is 14.2. The summed E-state index contributed by atoms with van der Waals surface area (Å²) in [6, 6.07) is 8.44. The first-order valence-corrected chi connectivity index (χ1v) is 6.68. The molecule has 0 aliphatic carbocycles. The summed E-state index contributed by atoms with van der Waals surface area (Å²) in [4.78, 5) is 10.5. The van der Waals surface area contributed by atoms with Crippen LogP contribution in [0.3, 0.4) is 0 Å². The van der Waals surface area contributed by atoms with E-state index in [2.05, 4.69) is 16.9 Å². The Morgan fingerprint density at radius 3 is 2.70 bits per heavy atom. The highest BCUT2D eigenvalue weighted by Crippen LogP contribution is 2.17. The minimum absolute atomic E-state index is 0.213. The van der Waals surface area contributed by atoms with Gasteiger partial charge in [0.15, 0.2) is 0 Å². The van der Waals surface area contributed by atoms with Gasteiger partial charge >= 0.3 is 0 Å². The second kappa shape index (κ2) is 6.32. The number of nitrogens with zero attached hydrogens (tertiary/aromatic N) is 3. The third-order valence-electron chi connectivity index (χ3n) is 3.01. The molecule has 5 heteroatoms. The number of hydrogen-bond acceptors (Lipinski definition) is 4. The van der Waals surface area contributed by atoms with Crippen LogP contribution in [0, 0.1) is 5.82 Å². The zero-order valence-corrected chi connectivity index (χ0v) is 11.8. The van der Waals surface area contributed by atoms with E-state index in [4.69, 9.17) is 5.73 Å². The lowest BCUT2D eigenvalue weighted by molar-refractivity contribution is 0.607. The lowest BCUT2D eigenvalue weighted by Crippen LogP contribution is -2.19. The van der Waals surface area contributed by atoms with Crippen LogP contribution in [-0.2, 0) is 13.0 Å². The summed E-state index contributed by atoms with van der Waals surface area (Å²) in [6.07, 6.45) is 1.74. The van der Waals surface area contributed by atoms with Gasteiger partial charge in [0.05, 0.1) is 0 Å². The molecule has 2 N–H and O–H groups in total. The lowest BCUT2D eigenvalue weighted by atomic mass is 10.2. The van der Waals surface area contributed by atoms with E-state index in [1.54, 1.807) is 18.2 Å². The molecule has 0 fully saturated rings. The molecular weight excluding hydrogens is 255 g/mol. The molecule has 0 radical (unpaired) electrons. The molecule has 106 valence electrons. The van der Waals surface area contributed by atoms with Gasteiger partial charge in [-0.1, -0.05) is 25.1 Å². The maximum Gasteiger partial charge on any atom is 0.134 e. The van der Waals surface area contributed by atoms with E-state index in [0.29, 0.717) is 23.7 Å². The number of anilines is 2. The molecule has 0 unspecified atom stereocenters. The van der Waals surface area contributed by atoms with E-state index < -0.39 is 0 Å². The van der Waals surface area contributed by atoms with Crippen LogP contribution in [0.4, 0.5) is 16.0 Å². The molecule has 4 nitrogen and oxygen atoms in total. The second-order valence-corrected chi connectivity index (χ2v) is 4.76. The number of nitrogen functional groups attached to an aromatic ring is 1. The topological polar surface area (TPSA) is 55.0 Å². The van der Waals surface area contributed by atoms with Crippen molar-refractivity contribution in [2.45, 2.75) is 26.3 Å². The molecule has 1 heterocycles. The van der Waals surface area contributed by atoms with Crippen molar-refractivity contribution in [1.82, 2.24) is 9.97 Å². The van der Waals surface area contributed by atoms with Gasteiger partial charge < -0.3 is 10.6 Å². The Morgan fingerprint density at radius 1 is 1.25 bits per heavy atom. The van der Waals surface area contributed by atoms with Crippen molar-refractivity contribution >= 4 is 11.6 Å². The van der Waals surface area contributed by atoms with Crippen molar-refractivity contribution in [2.75, 3.05) is 17.7 Å². The SMILES string of the molecule is CCCc1nc(N)cc(N(C)Cc2ccccc2F)n1. The van der Waals surface area contributed by atoms with Gasteiger partial charge in [0, 0.05) is 31.6 Å². The van der Waals surface area contributed by atoms with Gasteiger partial charge in [0.1, 0.15) is 23.3 Å². The second-order valence-electron chi connectivity index (χ2n) is 4.76. The molecule has 0 spiro atoms. The monoisotopic (exact) mass is 274 g/mol. The molecule has 0 saturated carbocycles. The van der Waals surface area contributed by atoms with E-state index in [1.165, 1.54) is 6.07 Å². The van der Waals surface area contributed by atoms with Crippen LogP contribution in [-0.4, -0.2) is 17.0 Å². The summed E-state index contributed by atoms with van der Waals surface area (Å²) < 4.78 is 13.7. The number of rotatable bonds is 5. The predicted molar refractivity (Wildman–Crippen MR) is 78.9 cm³/mol. The molecule has 2 rings (SSSR count). The van der Waals surface area contributed by atoms with Crippen LogP contribution in [0.25, 0.3) is 0 Å². The average Bonchev–Trinajstić information content (AvgIpc) is 2.41. The smallest absolute Gasteiger partial charge is 0.134 e. The molecule has 0 aliphatic heterocycles. The molecular formula is C15H19FN4. The molecule has 1 aromatic heterocycles. The summed E-state index contributed by atoms with van der Waals surface area (Å²) >= 11 is 0. The lowest BCUT2D eigenvalue weighted by Gasteiger charge is -2.19. The van der Waals surface area contributed by atoms with Gasteiger partial charge in [0.2, 0.25) is 0 Å². The van der Waals surface area contributed by atoms with Crippen molar-refractivity contribution in [3.05, 3.63) is 47.5 Å². The van der Waals surface area contributed by atoms with Crippen LogP contribution in [0.1, 0.15) is 24.7 Å². The van der Waals surface area contributed by atoms with Crippen molar-refractivity contribution in [2.24, 2.45) is 0 Å². The Morgan fingerprint density at radius 2 is 2.00 bits per heavy atom. The van der Waals surface area contributed by atoms with E-state index in [0.717, 1.165) is 18.7 Å². The molecule has 0 aliphatic rings. The van der Waals surface area contributed by atoms with Crippen LogP contribution >= 0.6 is 0 Å². The number of hydrogen-bond donors (Lipinski definition) is 1. The summed E-state index contributed by atoms with van der Waals surface area (Å²) in [7, 11) is 1.87. The molecule has 0 atom stereocenters. The van der Waals surface area contributed by atoms with Crippen molar-refractivity contribution in [3.63, 3.8) is 0 Å². The van der Waals surface area contributed by atoms with Gasteiger partial charge in [-0.25, -0.2) is 14.4 Å². The third kappa shape index (κ3) is 3.44. The minimum atomic E-state index is -0.213. The third-order valence-corrected chi connectivity index (χ3v) is 3.01.